The minimum Gasteiger partial charge on any atom is -0.338 e. The van der Waals surface area contributed by atoms with Crippen molar-refractivity contribution >= 4 is 40.7 Å². The average molecular weight is 476 g/mol. The number of anilines is 3. The lowest BCUT2D eigenvalue weighted by atomic mass is 9.91. The molecular formula is C26H26ClN5O2. The molecule has 0 aliphatic carbocycles. The summed E-state index contributed by atoms with van der Waals surface area (Å²) in [6.45, 7) is 6.00. The zero-order valence-electron chi connectivity index (χ0n) is 19.1. The second-order valence-electron chi connectivity index (χ2n) is 9.34. The first kappa shape index (κ1) is 22.3. The molecule has 174 valence electrons. The van der Waals surface area contributed by atoms with Gasteiger partial charge in [-0.3, -0.25) is 9.59 Å². The van der Waals surface area contributed by atoms with Crippen molar-refractivity contribution in [1.29, 1.82) is 0 Å². The number of nitrogens with zero attached hydrogens (tertiary/aromatic N) is 3. The number of carbonyl (C=O) groups is 2. The summed E-state index contributed by atoms with van der Waals surface area (Å²) in [6, 6.07) is 12.7. The molecule has 2 aliphatic heterocycles. The van der Waals surface area contributed by atoms with E-state index in [1.54, 1.807) is 18.3 Å². The van der Waals surface area contributed by atoms with Crippen molar-refractivity contribution < 1.29 is 9.59 Å². The number of nitrogens with one attached hydrogen (secondary N) is 2. The number of carbonyl (C=O) groups excluding carboxylic acids is 2. The molecule has 1 fully saturated rings. The van der Waals surface area contributed by atoms with Crippen LogP contribution in [0, 0.1) is 11.8 Å². The Hall–Kier alpha value is -3.45. The first-order valence-electron chi connectivity index (χ1n) is 11.5. The van der Waals surface area contributed by atoms with Crippen LogP contribution in [0.25, 0.3) is 11.3 Å². The van der Waals surface area contributed by atoms with Crippen molar-refractivity contribution in [2.24, 2.45) is 11.8 Å². The summed E-state index contributed by atoms with van der Waals surface area (Å²) in [6.07, 6.45) is 3.02. The number of likely N-dealkylation sites (tertiary alicyclic amines) is 1. The fraction of sp³-hybridized carbons (Fsp3) is 0.308. The highest BCUT2D eigenvalue weighted by Crippen LogP contribution is 2.35. The van der Waals surface area contributed by atoms with Gasteiger partial charge in [0, 0.05) is 46.7 Å². The molecule has 0 bridgehead atoms. The van der Waals surface area contributed by atoms with Crippen molar-refractivity contribution in [2.45, 2.75) is 26.7 Å². The van der Waals surface area contributed by atoms with Crippen molar-refractivity contribution in [2.75, 3.05) is 23.7 Å². The highest BCUT2D eigenvalue weighted by molar-refractivity contribution is 6.31. The Kier molecular flexibility index (Phi) is 5.96. The van der Waals surface area contributed by atoms with Gasteiger partial charge in [-0.1, -0.05) is 25.4 Å². The van der Waals surface area contributed by atoms with Crippen LogP contribution in [0.4, 0.5) is 17.3 Å². The quantitative estimate of drug-likeness (QED) is 0.546. The molecule has 7 nitrogen and oxygen atoms in total. The first-order valence-corrected chi connectivity index (χ1v) is 11.9. The Morgan fingerprint density at radius 1 is 1.12 bits per heavy atom. The van der Waals surface area contributed by atoms with Gasteiger partial charge in [-0.2, -0.15) is 0 Å². The Morgan fingerprint density at radius 3 is 2.59 bits per heavy atom. The SMILES string of the molecule is CC1CC(C)CN(C(=O)c2ccc(Nc3ncc4c(n3)-c3ccc(Cl)cc3NC(=O)C4)cc2)C1. The Bertz CT molecular complexity index is 1250. The Balaban J connectivity index is 1.36. The molecule has 0 radical (unpaired) electrons. The number of fused-ring (bicyclic) bond motifs is 3. The van der Waals surface area contributed by atoms with Gasteiger partial charge in [0.1, 0.15) is 0 Å². The number of piperidine rings is 1. The van der Waals surface area contributed by atoms with Gasteiger partial charge in [0.05, 0.1) is 17.8 Å². The average Bonchev–Trinajstić information content (AvgIpc) is 2.93. The van der Waals surface area contributed by atoms with Crippen LogP contribution >= 0.6 is 11.6 Å². The smallest absolute Gasteiger partial charge is 0.253 e. The van der Waals surface area contributed by atoms with E-state index in [9.17, 15) is 9.59 Å². The van der Waals surface area contributed by atoms with E-state index in [0.717, 1.165) is 36.3 Å². The minimum atomic E-state index is -0.135. The van der Waals surface area contributed by atoms with E-state index in [4.69, 9.17) is 11.6 Å². The number of hydrogen-bond acceptors (Lipinski definition) is 5. The maximum absolute atomic E-state index is 13.0. The van der Waals surface area contributed by atoms with Gasteiger partial charge in [-0.15, -0.1) is 0 Å². The van der Waals surface area contributed by atoms with Gasteiger partial charge in [0.2, 0.25) is 11.9 Å². The largest absolute Gasteiger partial charge is 0.338 e. The number of rotatable bonds is 3. The summed E-state index contributed by atoms with van der Waals surface area (Å²) in [7, 11) is 0. The normalized spacial score (nSPS) is 19.5. The van der Waals surface area contributed by atoms with Crippen LogP contribution in [-0.2, 0) is 11.2 Å². The van der Waals surface area contributed by atoms with Gasteiger partial charge in [0.25, 0.3) is 5.91 Å². The lowest BCUT2D eigenvalue weighted by molar-refractivity contribution is -0.115. The summed E-state index contributed by atoms with van der Waals surface area (Å²) < 4.78 is 0. The minimum absolute atomic E-state index is 0.0682. The highest BCUT2D eigenvalue weighted by atomic mass is 35.5. The monoisotopic (exact) mass is 475 g/mol. The lowest BCUT2D eigenvalue weighted by Gasteiger charge is -2.35. The molecule has 3 heterocycles. The van der Waals surface area contributed by atoms with E-state index in [1.165, 1.54) is 0 Å². The summed E-state index contributed by atoms with van der Waals surface area (Å²) in [5, 5.41) is 6.63. The number of amides is 2. The van der Waals surface area contributed by atoms with Crippen LogP contribution in [-0.4, -0.2) is 39.8 Å². The molecule has 3 aromatic rings. The fourth-order valence-corrected chi connectivity index (χ4v) is 5.03. The molecule has 0 spiro atoms. The van der Waals surface area contributed by atoms with Gasteiger partial charge < -0.3 is 15.5 Å². The van der Waals surface area contributed by atoms with Crippen LogP contribution in [0.3, 0.4) is 0 Å². The topological polar surface area (TPSA) is 87.2 Å². The Labute approximate surface area is 203 Å². The third-order valence-electron chi connectivity index (χ3n) is 6.27. The van der Waals surface area contributed by atoms with Gasteiger partial charge in [0.15, 0.2) is 0 Å². The second kappa shape index (κ2) is 9.06. The standard InChI is InChI=1S/C26H26ClN5O2/c1-15-9-16(2)14-32(13-15)25(34)17-3-6-20(7-4-17)29-26-28-12-18-10-23(33)30-22-11-19(27)5-8-21(22)24(18)31-26/h3-8,11-12,15-16H,9-10,13-14H2,1-2H3,(H,30,33)(H,28,29,31). The summed E-state index contributed by atoms with van der Waals surface area (Å²) in [5.74, 6) is 1.38. The molecule has 8 heteroatoms. The maximum Gasteiger partial charge on any atom is 0.253 e. The van der Waals surface area contributed by atoms with Crippen molar-refractivity contribution in [3.05, 3.63) is 64.8 Å². The fourth-order valence-electron chi connectivity index (χ4n) is 4.86. The molecule has 1 saturated heterocycles. The number of hydrogen-bond donors (Lipinski definition) is 2. The van der Waals surface area contributed by atoms with E-state index in [-0.39, 0.29) is 18.2 Å². The van der Waals surface area contributed by atoms with Crippen molar-refractivity contribution in [3.8, 4) is 11.3 Å². The van der Waals surface area contributed by atoms with E-state index < -0.39 is 0 Å². The third-order valence-corrected chi connectivity index (χ3v) is 6.51. The van der Waals surface area contributed by atoms with E-state index >= 15 is 0 Å². The summed E-state index contributed by atoms with van der Waals surface area (Å²) >= 11 is 6.12. The van der Waals surface area contributed by atoms with Crippen molar-refractivity contribution in [1.82, 2.24) is 14.9 Å². The first-order chi connectivity index (χ1) is 16.4. The number of benzene rings is 2. The molecule has 2 unspecified atom stereocenters. The molecule has 0 saturated carbocycles. The molecule has 2 atom stereocenters. The molecule has 2 N–H and O–H groups in total. The van der Waals surface area contributed by atoms with Crippen LogP contribution in [0.1, 0.15) is 36.2 Å². The molecule has 2 aromatic carbocycles. The predicted molar refractivity (Wildman–Crippen MR) is 133 cm³/mol. The van der Waals surface area contributed by atoms with Crippen LogP contribution in [0.15, 0.2) is 48.7 Å². The zero-order chi connectivity index (χ0) is 23.8. The van der Waals surface area contributed by atoms with Gasteiger partial charge in [-0.25, -0.2) is 9.97 Å². The number of halogens is 1. The number of aromatic nitrogens is 2. The second-order valence-corrected chi connectivity index (χ2v) is 9.78. The zero-order valence-corrected chi connectivity index (χ0v) is 19.9. The van der Waals surface area contributed by atoms with Crippen LogP contribution in [0.5, 0.6) is 0 Å². The highest BCUT2D eigenvalue weighted by Gasteiger charge is 2.26. The van der Waals surface area contributed by atoms with Gasteiger partial charge >= 0.3 is 0 Å². The van der Waals surface area contributed by atoms with Gasteiger partial charge in [-0.05, 0) is 60.7 Å². The summed E-state index contributed by atoms with van der Waals surface area (Å²) in [5.41, 5.74) is 4.30. The predicted octanol–water partition coefficient (Wildman–Crippen LogP) is 5.15. The van der Waals surface area contributed by atoms with Crippen LogP contribution < -0.4 is 10.6 Å². The molecule has 2 amide bonds. The third kappa shape index (κ3) is 4.61. The Morgan fingerprint density at radius 2 is 1.85 bits per heavy atom. The lowest BCUT2D eigenvalue weighted by Crippen LogP contribution is -2.42. The van der Waals surface area contributed by atoms with E-state index in [1.807, 2.05) is 35.2 Å². The van der Waals surface area contributed by atoms with E-state index in [2.05, 4.69) is 34.4 Å². The molecule has 2 aliphatic rings. The van der Waals surface area contributed by atoms with Crippen LogP contribution in [0.2, 0.25) is 5.02 Å². The van der Waals surface area contributed by atoms with E-state index in [0.29, 0.717) is 39.8 Å². The molecule has 1 aromatic heterocycles. The van der Waals surface area contributed by atoms with Crippen molar-refractivity contribution in [3.63, 3.8) is 0 Å². The summed E-state index contributed by atoms with van der Waals surface area (Å²) in [4.78, 5) is 36.3. The molecular weight excluding hydrogens is 450 g/mol. The molecule has 5 rings (SSSR count). The maximum atomic E-state index is 13.0. The molecule has 34 heavy (non-hydrogen) atoms.